The first kappa shape index (κ1) is 17.7. The molecule has 0 saturated carbocycles. The highest BCUT2D eigenvalue weighted by molar-refractivity contribution is 7.91. The Balaban J connectivity index is 2.47. The standard InChI is InChI=1S/C15H23NO4S/c1-3-10-15(2,18)12-16-14(17)9-11-21(19,20)13-7-5-4-6-8-13/h4-8,18H,3,9-12H2,1-2H3,(H,16,17). The zero-order valence-corrected chi connectivity index (χ0v) is 13.3. The fraction of sp³-hybridized carbons (Fsp3) is 0.533. The minimum absolute atomic E-state index is 0.112. The van der Waals surface area contributed by atoms with Crippen LogP contribution in [0.25, 0.3) is 0 Å². The van der Waals surface area contributed by atoms with Crippen molar-refractivity contribution in [3.63, 3.8) is 0 Å². The van der Waals surface area contributed by atoms with Crippen LogP contribution in [0, 0.1) is 0 Å². The van der Waals surface area contributed by atoms with E-state index in [1.165, 1.54) is 12.1 Å². The summed E-state index contributed by atoms with van der Waals surface area (Å²) in [5.74, 6) is -0.607. The van der Waals surface area contributed by atoms with Crippen LogP contribution < -0.4 is 5.32 Å². The minimum Gasteiger partial charge on any atom is -0.388 e. The SMILES string of the molecule is CCCC(C)(O)CNC(=O)CCS(=O)(=O)c1ccccc1. The van der Waals surface area contributed by atoms with Gasteiger partial charge >= 0.3 is 0 Å². The van der Waals surface area contributed by atoms with Crippen molar-refractivity contribution in [2.75, 3.05) is 12.3 Å². The van der Waals surface area contributed by atoms with Crippen LogP contribution >= 0.6 is 0 Å². The third kappa shape index (κ3) is 6.27. The lowest BCUT2D eigenvalue weighted by Gasteiger charge is -2.22. The first-order valence-electron chi connectivity index (χ1n) is 7.04. The van der Waals surface area contributed by atoms with Crippen molar-refractivity contribution in [3.8, 4) is 0 Å². The topological polar surface area (TPSA) is 83.5 Å². The third-order valence-electron chi connectivity index (χ3n) is 3.16. The molecule has 1 amide bonds. The fourth-order valence-electron chi connectivity index (χ4n) is 1.98. The highest BCUT2D eigenvalue weighted by atomic mass is 32.2. The van der Waals surface area contributed by atoms with Gasteiger partial charge in [0.05, 0.1) is 16.2 Å². The molecule has 0 saturated heterocycles. The second kappa shape index (κ2) is 7.56. The molecule has 1 aromatic rings. The molecule has 2 N–H and O–H groups in total. The minimum atomic E-state index is -3.44. The Morgan fingerprint density at radius 3 is 2.48 bits per heavy atom. The number of amides is 1. The maximum Gasteiger partial charge on any atom is 0.221 e. The molecular weight excluding hydrogens is 290 g/mol. The number of aliphatic hydroxyl groups is 1. The molecule has 1 unspecified atom stereocenters. The van der Waals surface area contributed by atoms with Crippen molar-refractivity contribution in [2.45, 2.75) is 43.6 Å². The first-order chi connectivity index (χ1) is 9.77. The van der Waals surface area contributed by atoms with Gasteiger partial charge in [0.1, 0.15) is 0 Å². The largest absolute Gasteiger partial charge is 0.388 e. The van der Waals surface area contributed by atoms with Crippen molar-refractivity contribution in [2.24, 2.45) is 0 Å². The van der Waals surface area contributed by atoms with Crippen LogP contribution in [0.5, 0.6) is 0 Å². The van der Waals surface area contributed by atoms with E-state index in [0.29, 0.717) is 6.42 Å². The van der Waals surface area contributed by atoms with E-state index in [1.807, 2.05) is 6.92 Å². The number of nitrogens with one attached hydrogen (secondary N) is 1. The Morgan fingerprint density at radius 2 is 1.90 bits per heavy atom. The molecule has 0 aromatic heterocycles. The molecule has 0 aliphatic rings. The summed E-state index contributed by atoms with van der Waals surface area (Å²) in [6, 6.07) is 8.06. The van der Waals surface area contributed by atoms with E-state index in [1.54, 1.807) is 25.1 Å². The molecule has 1 atom stereocenters. The van der Waals surface area contributed by atoms with Crippen molar-refractivity contribution in [1.29, 1.82) is 0 Å². The van der Waals surface area contributed by atoms with Gasteiger partial charge in [0, 0.05) is 13.0 Å². The monoisotopic (exact) mass is 313 g/mol. The lowest BCUT2D eigenvalue weighted by Crippen LogP contribution is -2.40. The third-order valence-corrected chi connectivity index (χ3v) is 4.89. The van der Waals surface area contributed by atoms with E-state index in [-0.39, 0.29) is 29.5 Å². The van der Waals surface area contributed by atoms with Crippen molar-refractivity contribution < 1.29 is 18.3 Å². The van der Waals surface area contributed by atoms with Gasteiger partial charge in [0.25, 0.3) is 0 Å². The number of carbonyl (C=O) groups is 1. The van der Waals surface area contributed by atoms with E-state index in [9.17, 15) is 18.3 Å². The highest BCUT2D eigenvalue weighted by Gasteiger charge is 2.21. The normalized spacial score (nSPS) is 14.4. The Kier molecular flexibility index (Phi) is 6.36. The summed E-state index contributed by atoms with van der Waals surface area (Å²) < 4.78 is 24.0. The Morgan fingerprint density at radius 1 is 1.29 bits per heavy atom. The zero-order chi connectivity index (χ0) is 15.9. The second-order valence-electron chi connectivity index (χ2n) is 5.41. The van der Waals surface area contributed by atoms with Gasteiger partial charge in [-0.3, -0.25) is 4.79 Å². The Hall–Kier alpha value is -1.40. The summed E-state index contributed by atoms with van der Waals surface area (Å²) in [5.41, 5.74) is -0.956. The number of rotatable bonds is 8. The molecule has 0 heterocycles. The molecule has 0 radical (unpaired) electrons. The van der Waals surface area contributed by atoms with Crippen LogP contribution in [0.1, 0.15) is 33.1 Å². The van der Waals surface area contributed by atoms with Crippen molar-refractivity contribution in [3.05, 3.63) is 30.3 Å². The molecule has 0 bridgehead atoms. The summed E-state index contributed by atoms with van der Waals surface area (Å²) in [5, 5.41) is 12.5. The van der Waals surface area contributed by atoms with Crippen LogP contribution in [-0.4, -0.2) is 37.3 Å². The molecule has 1 aromatic carbocycles. The summed E-state index contributed by atoms with van der Waals surface area (Å²) in [7, 11) is -3.44. The predicted molar refractivity (Wildman–Crippen MR) is 81.7 cm³/mol. The van der Waals surface area contributed by atoms with Gasteiger partial charge < -0.3 is 10.4 Å². The van der Waals surface area contributed by atoms with Gasteiger partial charge in [-0.1, -0.05) is 31.5 Å². The summed E-state index contributed by atoms with van der Waals surface area (Å²) in [6.45, 7) is 3.73. The predicted octanol–water partition coefficient (Wildman–Crippen LogP) is 1.52. The number of sulfone groups is 1. The molecule has 6 heteroatoms. The van der Waals surface area contributed by atoms with Crippen LogP contribution in [0.3, 0.4) is 0 Å². The van der Waals surface area contributed by atoms with Crippen molar-refractivity contribution in [1.82, 2.24) is 5.32 Å². The van der Waals surface area contributed by atoms with E-state index in [0.717, 1.165) is 6.42 Å². The average Bonchev–Trinajstić information content (AvgIpc) is 2.44. The molecule has 0 fully saturated rings. The molecular formula is C15H23NO4S. The molecule has 0 aliphatic heterocycles. The number of hydrogen-bond acceptors (Lipinski definition) is 4. The van der Waals surface area contributed by atoms with E-state index in [4.69, 9.17) is 0 Å². The van der Waals surface area contributed by atoms with Crippen LogP contribution in [-0.2, 0) is 14.6 Å². The van der Waals surface area contributed by atoms with Gasteiger partial charge in [-0.15, -0.1) is 0 Å². The second-order valence-corrected chi connectivity index (χ2v) is 7.51. The lowest BCUT2D eigenvalue weighted by atomic mass is 10.0. The average molecular weight is 313 g/mol. The van der Waals surface area contributed by atoms with Gasteiger partial charge in [-0.05, 0) is 25.5 Å². The molecule has 21 heavy (non-hydrogen) atoms. The fourth-order valence-corrected chi connectivity index (χ4v) is 3.24. The summed E-state index contributed by atoms with van der Waals surface area (Å²) in [4.78, 5) is 11.9. The van der Waals surface area contributed by atoms with Crippen LogP contribution in [0.2, 0.25) is 0 Å². The smallest absolute Gasteiger partial charge is 0.221 e. The molecule has 0 spiro atoms. The molecule has 5 nitrogen and oxygen atoms in total. The summed E-state index contributed by atoms with van der Waals surface area (Å²) in [6.07, 6.45) is 1.28. The van der Waals surface area contributed by atoms with Crippen LogP contribution in [0.4, 0.5) is 0 Å². The Bertz CT molecular complexity index is 552. The highest BCUT2D eigenvalue weighted by Crippen LogP contribution is 2.12. The lowest BCUT2D eigenvalue weighted by molar-refractivity contribution is -0.121. The van der Waals surface area contributed by atoms with Gasteiger partial charge in [0.15, 0.2) is 9.84 Å². The number of carbonyl (C=O) groups excluding carboxylic acids is 1. The number of hydrogen-bond donors (Lipinski definition) is 2. The zero-order valence-electron chi connectivity index (χ0n) is 12.5. The maximum absolute atomic E-state index is 12.0. The van der Waals surface area contributed by atoms with E-state index >= 15 is 0 Å². The maximum atomic E-state index is 12.0. The molecule has 118 valence electrons. The first-order valence-corrected chi connectivity index (χ1v) is 8.69. The van der Waals surface area contributed by atoms with Crippen LogP contribution in [0.15, 0.2) is 35.2 Å². The van der Waals surface area contributed by atoms with Gasteiger partial charge in [-0.25, -0.2) is 8.42 Å². The van der Waals surface area contributed by atoms with Gasteiger partial charge in [0.2, 0.25) is 5.91 Å². The Labute approximate surface area is 126 Å². The number of benzene rings is 1. The quantitative estimate of drug-likeness (QED) is 0.762. The van der Waals surface area contributed by atoms with Gasteiger partial charge in [-0.2, -0.15) is 0 Å². The molecule has 0 aliphatic carbocycles. The molecule has 1 rings (SSSR count). The van der Waals surface area contributed by atoms with E-state index in [2.05, 4.69) is 5.32 Å². The summed E-state index contributed by atoms with van der Waals surface area (Å²) >= 11 is 0. The van der Waals surface area contributed by atoms with Crippen molar-refractivity contribution >= 4 is 15.7 Å². The van der Waals surface area contributed by atoms with E-state index < -0.39 is 15.4 Å².